The van der Waals surface area contributed by atoms with Gasteiger partial charge in [-0.1, -0.05) is 18.2 Å². The molecule has 0 aliphatic heterocycles. The highest BCUT2D eigenvalue weighted by Gasteiger charge is 2.54. The van der Waals surface area contributed by atoms with Crippen molar-refractivity contribution in [1.29, 1.82) is 0 Å². The highest BCUT2D eigenvalue weighted by atomic mass is 16.5. The number of amides is 1. The lowest BCUT2D eigenvalue weighted by atomic mass is 9.49. The maximum atomic E-state index is 13.0. The summed E-state index contributed by atoms with van der Waals surface area (Å²) in [5.74, 6) is 3.61. The summed E-state index contributed by atoms with van der Waals surface area (Å²) in [5, 5.41) is 3.24. The van der Waals surface area contributed by atoms with E-state index >= 15 is 0 Å². The van der Waals surface area contributed by atoms with Crippen LogP contribution in [0.4, 0.5) is 0 Å². The van der Waals surface area contributed by atoms with Crippen LogP contribution in [0.3, 0.4) is 0 Å². The molecule has 3 nitrogen and oxygen atoms in total. The van der Waals surface area contributed by atoms with Crippen LogP contribution in [-0.2, 0) is 11.3 Å². The predicted octanol–water partition coefficient (Wildman–Crippen LogP) is 3.92. The van der Waals surface area contributed by atoms with Gasteiger partial charge in [0.05, 0.1) is 6.61 Å². The minimum atomic E-state index is -0.0602. The largest absolute Gasteiger partial charge is 0.494 e. The molecule has 1 N–H and O–H groups in total. The molecule has 4 saturated carbocycles. The van der Waals surface area contributed by atoms with E-state index in [0.717, 1.165) is 48.3 Å². The molecule has 0 saturated heterocycles. The molecule has 5 rings (SSSR count). The Hall–Kier alpha value is -1.51. The van der Waals surface area contributed by atoms with Crippen molar-refractivity contribution < 1.29 is 9.53 Å². The van der Waals surface area contributed by atoms with Gasteiger partial charge in [-0.25, -0.2) is 0 Å². The molecule has 0 heterocycles. The summed E-state index contributed by atoms with van der Waals surface area (Å²) in [7, 11) is 0. The van der Waals surface area contributed by atoms with Crippen molar-refractivity contribution in [1.82, 2.24) is 5.32 Å². The van der Waals surface area contributed by atoms with Gasteiger partial charge in [0.2, 0.25) is 5.91 Å². The Bertz CT molecular complexity index is 560. The molecular weight excluding hydrogens is 286 g/mol. The quantitative estimate of drug-likeness (QED) is 0.895. The molecule has 1 aromatic rings. The second-order valence-corrected chi connectivity index (χ2v) is 7.92. The minimum Gasteiger partial charge on any atom is -0.494 e. The average Bonchev–Trinajstić information content (AvgIpc) is 2.53. The third kappa shape index (κ3) is 2.75. The zero-order valence-corrected chi connectivity index (χ0v) is 14.0. The first-order valence-corrected chi connectivity index (χ1v) is 9.17. The first-order chi connectivity index (χ1) is 11.2. The van der Waals surface area contributed by atoms with Crippen LogP contribution in [0.25, 0.3) is 0 Å². The Morgan fingerprint density at radius 3 is 2.35 bits per heavy atom. The van der Waals surface area contributed by atoms with Crippen molar-refractivity contribution in [3.05, 3.63) is 29.8 Å². The fourth-order valence-corrected chi connectivity index (χ4v) is 5.70. The molecule has 0 atom stereocenters. The number of rotatable bonds is 5. The zero-order valence-electron chi connectivity index (χ0n) is 14.0. The SMILES string of the molecule is CCOc1ccccc1CNC(=O)C12CC3CC(CC(C3)C1)C2. The molecule has 23 heavy (non-hydrogen) atoms. The standard InChI is InChI=1S/C20H27NO2/c1-2-23-18-6-4-3-5-17(18)13-21-19(22)20-10-14-7-15(11-20)9-16(8-14)12-20/h3-6,14-16H,2,7-13H2,1H3,(H,21,22). The van der Waals surface area contributed by atoms with Crippen LogP contribution in [0.5, 0.6) is 5.75 Å². The smallest absolute Gasteiger partial charge is 0.226 e. The summed E-state index contributed by atoms with van der Waals surface area (Å²) in [6, 6.07) is 8.02. The van der Waals surface area contributed by atoms with E-state index < -0.39 is 0 Å². The van der Waals surface area contributed by atoms with Gasteiger partial charge < -0.3 is 10.1 Å². The van der Waals surface area contributed by atoms with E-state index in [1.165, 1.54) is 19.3 Å². The van der Waals surface area contributed by atoms with Gasteiger partial charge in [-0.05, 0) is 69.3 Å². The molecule has 4 bridgehead atoms. The van der Waals surface area contributed by atoms with E-state index in [1.54, 1.807) is 0 Å². The fourth-order valence-electron chi connectivity index (χ4n) is 5.70. The normalized spacial score (nSPS) is 34.4. The van der Waals surface area contributed by atoms with E-state index in [9.17, 15) is 4.79 Å². The first kappa shape index (κ1) is 15.0. The maximum absolute atomic E-state index is 13.0. The van der Waals surface area contributed by atoms with Crippen molar-refractivity contribution in [3.63, 3.8) is 0 Å². The Kier molecular flexibility index (Phi) is 3.82. The lowest BCUT2D eigenvalue weighted by Gasteiger charge is -2.55. The highest BCUT2D eigenvalue weighted by molar-refractivity contribution is 5.83. The third-order valence-electron chi connectivity index (χ3n) is 6.23. The Morgan fingerprint density at radius 2 is 1.74 bits per heavy atom. The number of nitrogens with one attached hydrogen (secondary N) is 1. The maximum Gasteiger partial charge on any atom is 0.226 e. The number of carbonyl (C=O) groups is 1. The Balaban J connectivity index is 1.45. The Labute approximate surface area is 138 Å². The molecule has 4 fully saturated rings. The summed E-state index contributed by atoms with van der Waals surface area (Å²) >= 11 is 0. The van der Waals surface area contributed by atoms with Crippen molar-refractivity contribution in [2.75, 3.05) is 6.61 Å². The van der Waals surface area contributed by atoms with Gasteiger partial charge in [0.25, 0.3) is 0 Å². The number of hydrogen-bond acceptors (Lipinski definition) is 2. The van der Waals surface area contributed by atoms with Crippen molar-refractivity contribution in [3.8, 4) is 5.75 Å². The second kappa shape index (κ2) is 5.85. The molecule has 0 aromatic heterocycles. The molecule has 0 radical (unpaired) electrons. The first-order valence-electron chi connectivity index (χ1n) is 9.17. The van der Waals surface area contributed by atoms with Gasteiger partial charge in [-0.15, -0.1) is 0 Å². The van der Waals surface area contributed by atoms with Crippen LogP contribution in [0.2, 0.25) is 0 Å². The molecule has 0 spiro atoms. The summed E-state index contributed by atoms with van der Waals surface area (Å²) < 4.78 is 5.67. The summed E-state index contributed by atoms with van der Waals surface area (Å²) in [6.45, 7) is 3.22. The van der Waals surface area contributed by atoms with E-state index in [4.69, 9.17) is 4.74 Å². The minimum absolute atomic E-state index is 0.0602. The van der Waals surface area contributed by atoms with Crippen molar-refractivity contribution >= 4 is 5.91 Å². The van der Waals surface area contributed by atoms with E-state index in [-0.39, 0.29) is 5.41 Å². The van der Waals surface area contributed by atoms with Gasteiger partial charge in [0.1, 0.15) is 5.75 Å². The van der Waals surface area contributed by atoms with Crippen LogP contribution in [0, 0.1) is 23.2 Å². The molecule has 1 aromatic carbocycles. The second-order valence-electron chi connectivity index (χ2n) is 7.92. The number of carbonyl (C=O) groups excluding carboxylic acids is 1. The van der Waals surface area contributed by atoms with Crippen LogP contribution in [-0.4, -0.2) is 12.5 Å². The van der Waals surface area contributed by atoms with Gasteiger partial charge in [-0.2, -0.15) is 0 Å². The topological polar surface area (TPSA) is 38.3 Å². The summed E-state index contributed by atoms with van der Waals surface area (Å²) in [5.41, 5.74) is 1.02. The van der Waals surface area contributed by atoms with Crippen LogP contribution < -0.4 is 10.1 Å². The van der Waals surface area contributed by atoms with Gasteiger partial charge in [-0.3, -0.25) is 4.79 Å². The van der Waals surface area contributed by atoms with Crippen LogP contribution in [0.1, 0.15) is 51.0 Å². The van der Waals surface area contributed by atoms with Crippen molar-refractivity contribution in [2.45, 2.75) is 52.0 Å². The monoisotopic (exact) mass is 313 g/mol. The fraction of sp³-hybridized carbons (Fsp3) is 0.650. The lowest BCUT2D eigenvalue weighted by molar-refractivity contribution is -0.146. The number of hydrogen-bond donors (Lipinski definition) is 1. The van der Waals surface area contributed by atoms with Gasteiger partial charge >= 0.3 is 0 Å². The van der Waals surface area contributed by atoms with E-state index in [1.807, 2.05) is 31.2 Å². The number of ether oxygens (including phenoxy) is 1. The van der Waals surface area contributed by atoms with Gasteiger partial charge in [0, 0.05) is 17.5 Å². The average molecular weight is 313 g/mol. The molecular formula is C20H27NO2. The molecule has 4 aliphatic rings. The highest BCUT2D eigenvalue weighted by Crippen LogP contribution is 2.60. The van der Waals surface area contributed by atoms with Gasteiger partial charge in [0.15, 0.2) is 0 Å². The number of para-hydroxylation sites is 1. The summed E-state index contributed by atoms with van der Waals surface area (Å²) in [4.78, 5) is 13.0. The third-order valence-corrected chi connectivity index (χ3v) is 6.23. The van der Waals surface area contributed by atoms with E-state index in [2.05, 4.69) is 5.32 Å². The van der Waals surface area contributed by atoms with Crippen molar-refractivity contribution in [2.24, 2.45) is 23.2 Å². The lowest BCUT2D eigenvalue weighted by Crippen LogP contribution is -2.53. The summed E-state index contributed by atoms with van der Waals surface area (Å²) in [6.07, 6.45) is 7.49. The molecule has 124 valence electrons. The van der Waals surface area contributed by atoms with E-state index in [0.29, 0.717) is 19.1 Å². The molecule has 0 unspecified atom stereocenters. The van der Waals surface area contributed by atoms with Crippen LogP contribution in [0.15, 0.2) is 24.3 Å². The molecule has 4 aliphatic carbocycles. The molecule has 1 amide bonds. The molecule has 3 heteroatoms. The predicted molar refractivity (Wildman–Crippen MR) is 90.1 cm³/mol. The Morgan fingerprint density at radius 1 is 1.13 bits per heavy atom. The zero-order chi connectivity index (χ0) is 15.9. The van der Waals surface area contributed by atoms with Crippen LogP contribution >= 0.6 is 0 Å². The number of benzene rings is 1.